The van der Waals surface area contributed by atoms with Crippen LogP contribution in [-0.2, 0) is 0 Å². The van der Waals surface area contributed by atoms with Gasteiger partial charge in [0.25, 0.3) is 0 Å². The molecule has 2 nitrogen and oxygen atoms in total. The fourth-order valence-corrected chi connectivity index (χ4v) is 1.09. The lowest BCUT2D eigenvalue weighted by Gasteiger charge is -1.77. The molecule has 2 rings (SSSR count). The first-order valence-corrected chi connectivity index (χ1v) is 3.32. The van der Waals surface area contributed by atoms with Gasteiger partial charge in [-0.3, -0.25) is 4.98 Å². The van der Waals surface area contributed by atoms with Crippen molar-refractivity contribution in [2.45, 2.75) is 0 Å². The minimum absolute atomic E-state index is 0.619. The van der Waals surface area contributed by atoms with Crippen molar-refractivity contribution in [3.63, 3.8) is 0 Å². The van der Waals surface area contributed by atoms with E-state index in [4.69, 9.17) is 12.2 Å². The first-order chi connectivity index (χ1) is 4.86. The highest BCUT2D eigenvalue weighted by Crippen LogP contribution is 1.83. The van der Waals surface area contributed by atoms with Crippen molar-refractivity contribution in [2.24, 2.45) is 4.99 Å². The summed E-state index contributed by atoms with van der Waals surface area (Å²) in [5.41, 5.74) is 0. The first kappa shape index (κ1) is 5.68. The van der Waals surface area contributed by atoms with E-state index in [1.165, 1.54) is 0 Å². The quantitative estimate of drug-likeness (QED) is 0.477. The summed E-state index contributed by atoms with van der Waals surface area (Å²) in [5, 5.41) is 1.76. The van der Waals surface area contributed by atoms with E-state index >= 15 is 0 Å². The molecule has 10 heavy (non-hydrogen) atoms. The highest BCUT2D eigenvalue weighted by atomic mass is 32.1. The lowest BCUT2D eigenvalue weighted by atomic mass is 10.4. The van der Waals surface area contributed by atoms with Gasteiger partial charge in [-0.05, 0) is 12.1 Å². The Morgan fingerprint density at radius 3 is 3.10 bits per heavy atom. The second-order valence-corrected chi connectivity index (χ2v) is 2.42. The number of fused-ring (bicyclic) bond motifs is 1. The van der Waals surface area contributed by atoms with Gasteiger partial charge in [-0.2, -0.15) is 0 Å². The fraction of sp³-hybridized carbons (Fsp3) is 0. The van der Waals surface area contributed by atoms with Gasteiger partial charge in [0.1, 0.15) is 4.99 Å². The number of hydrogen-bond acceptors (Lipinski definition) is 2. The van der Waals surface area contributed by atoms with Crippen LogP contribution in [0.15, 0.2) is 23.3 Å². The normalized spacial score (nSPS) is 13.8. The third kappa shape index (κ3) is 0.752. The SMILES string of the molecule is S=C1C=c2ncccc2=N1. The minimum atomic E-state index is 0.619. The van der Waals surface area contributed by atoms with Gasteiger partial charge in [0.2, 0.25) is 0 Å². The Morgan fingerprint density at radius 2 is 2.30 bits per heavy atom. The number of thiocarbonyl (C=S) groups is 1. The van der Waals surface area contributed by atoms with Crippen LogP contribution in [0.1, 0.15) is 0 Å². The van der Waals surface area contributed by atoms with Crippen LogP contribution < -0.4 is 10.7 Å². The predicted octanol–water partition coefficient (Wildman–Crippen LogP) is -0.177. The zero-order chi connectivity index (χ0) is 6.97. The highest BCUT2D eigenvalue weighted by molar-refractivity contribution is 7.81. The summed E-state index contributed by atoms with van der Waals surface area (Å²) in [4.78, 5) is 8.76. The number of aromatic nitrogens is 1. The van der Waals surface area contributed by atoms with Crippen molar-refractivity contribution >= 4 is 23.3 Å². The minimum Gasteiger partial charge on any atom is -0.255 e. The van der Waals surface area contributed by atoms with E-state index in [1.54, 1.807) is 12.3 Å². The Labute approximate surface area is 62.9 Å². The van der Waals surface area contributed by atoms with Crippen molar-refractivity contribution in [3.8, 4) is 0 Å². The van der Waals surface area contributed by atoms with Gasteiger partial charge >= 0.3 is 0 Å². The molecule has 0 bridgehead atoms. The summed E-state index contributed by atoms with van der Waals surface area (Å²) >= 11 is 4.86. The van der Waals surface area contributed by atoms with Crippen LogP contribution in [0, 0.1) is 0 Å². The predicted molar refractivity (Wildman–Crippen MR) is 42.1 cm³/mol. The van der Waals surface area contributed by atoms with Crippen LogP contribution in [0.25, 0.3) is 6.08 Å². The molecule has 0 fully saturated rings. The summed E-state index contributed by atoms with van der Waals surface area (Å²) in [6, 6.07) is 3.75. The number of rotatable bonds is 0. The van der Waals surface area contributed by atoms with Crippen LogP contribution in [0.5, 0.6) is 0 Å². The summed E-state index contributed by atoms with van der Waals surface area (Å²) in [5.74, 6) is 0. The van der Waals surface area contributed by atoms with Crippen molar-refractivity contribution in [3.05, 3.63) is 29.0 Å². The number of pyridine rings is 1. The van der Waals surface area contributed by atoms with Crippen LogP contribution >= 0.6 is 12.2 Å². The topological polar surface area (TPSA) is 25.2 Å². The summed E-state index contributed by atoms with van der Waals surface area (Å²) in [7, 11) is 0. The lowest BCUT2D eigenvalue weighted by molar-refractivity contribution is 1.20. The van der Waals surface area contributed by atoms with E-state index < -0.39 is 0 Å². The Bertz CT molecular complexity index is 357. The van der Waals surface area contributed by atoms with Gasteiger partial charge in [0.05, 0.1) is 10.7 Å². The third-order valence-electron chi connectivity index (χ3n) is 1.31. The van der Waals surface area contributed by atoms with Crippen LogP contribution in [0.3, 0.4) is 0 Å². The summed E-state index contributed by atoms with van der Waals surface area (Å²) < 4.78 is 0. The Hall–Kier alpha value is -1.09. The monoisotopic (exact) mass is 148 g/mol. The van der Waals surface area contributed by atoms with Gasteiger partial charge in [0.15, 0.2) is 0 Å². The molecule has 0 radical (unpaired) electrons. The zero-order valence-corrected chi connectivity index (χ0v) is 5.93. The second kappa shape index (κ2) is 1.95. The van der Waals surface area contributed by atoms with E-state index in [0.717, 1.165) is 10.7 Å². The molecule has 0 spiro atoms. The molecule has 0 saturated heterocycles. The fourth-order valence-electron chi connectivity index (χ4n) is 0.883. The smallest absolute Gasteiger partial charge is 0.129 e. The van der Waals surface area contributed by atoms with Gasteiger partial charge in [-0.15, -0.1) is 0 Å². The molecule has 48 valence electrons. The maximum atomic E-state index is 4.86. The molecular formula is C7H4N2S. The Kier molecular flexibility index (Phi) is 1.11. The van der Waals surface area contributed by atoms with E-state index in [9.17, 15) is 0 Å². The largest absolute Gasteiger partial charge is 0.255 e. The van der Waals surface area contributed by atoms with E-state index in [0.29, 0.717) is 4.99 Å². The van der Waals surface area contributed by atoms with E-state index in [1.807, 2.05) is 12.1 Å². The van der Waals surface area contributed by atoms with Gasteiger partial charge in [-0.1, -0.05) is 12.2 Å². The third-order valence-corrected chi connectivity index (χ3v) is 1.52. The molecule has 0 N–H and O–H groups in total. The Balaban J connectivity index is 2.96. The van der Waals surface area contributed by atoms with Gasteiger partial charge in [0, 0.05) is 12.3 Å². The molecule has 1 aromatic rings. The van der Waals surface area contributed by atoms with Crippen LogP contribution in [0.4, 0.5) is 0 Å². The van der Waals surface area contributed by atoms with E-state index in [-0.39, 0.29) is 0 Å². The van der Waals surface area contributed by atoms with Crippen molar-refractivity contribution in [1.29, 1.82) is 0 Å². The molecule has 1 aromatic heterocycles. The molecule has 0 aliphatic carbocycles. The second-order valence-electron chi connectivity index (χ2n) is 2.00. The maximum Gasteiger partial charge on any atom is 0.129 e. The number of hydrogen-bond donors (Lipinski definition) is 0. The molecule has 0 unspecified atom stereocenters. The average molecular weight is 148 g/mol. The molecule has 3 heteroatoms. The average Bonchev–Trinajstić information content (AvgIpc) is 2.27. The van der Waals surface area contributed by atoms with Crippen LogP contribution in [0.2, 0.25) is 0 Å². The van der Waals surface area contributed by atoms with Gasteiger partial charge < -0.3 is 0 Å². The molecule has 0 saturated carbocycles. The highest BCUT2D eigenvalue weighted by Gasteiger charge is 1.97. The molecule has 0 aromatic carbocycles. The Morgan fingerprint density at radius 1 is 1.40 bits per heavy atom. The molecular weight excluding hydrogens is 144 g/mol. The van der Waals surface area contributed by atoms with E-state index in [2.05, 4.69) is 9.98 Å². The first-order valence-electron chi connectivity index (χ1n) is 2.92. The van der Waals surface area contributed by atoms with Crippen LogP contribution in [-0.4, -0.2) is 9.97 Å². The maximum absolute atomic E-state index is 4.86. The molecule has 0 atom stereocenters. The molecule has 1 aliphatic heterocycles. The summed E-state index contributed by atoms with van der Waals surface area (Å²) in [6.07, 6.45) is 3.53. The van der Waals surface area contributed by atoms with Crippen molar-refractivity contribution in [2.75, 3.05) is 0 Å². The zero-order valence-electron chi connectivity index (χ0n) is 5.11. The number of nitrogens with zero attached hydrogens (tertiary/aromatic N) is 2. The molecule has 0 amide bonds. The van der Waals surface area contributed by atoms with Crippen molar-refractivity contribution < 1.29 is 0 Å². The molecule has 2 heterocycles. The molecule has 1 aliphatic rings. The summed E-state index contributed by atoms with van der Waals surface area (Å²) in [6.45, 7) is 0. The van der Waals surface area contributed by atoms with Crippen molar-refractivity contribution in [1.82, 2.24) is 4.98 Å². The standard InChI is InChI=1S/C7H4N2S/c10-7-4-6-5(9-7)2-1-3-8-6/h1-4H. The lowest BCUT2D eigenvalue weighted by Crippen LogP contribution is -2.23. The van der Waals surface area contributed by atoms with Gasteiger partial charge in [-0.25, -0.2) is 4.99 Å².